The lowest BCUT2D eigenvalue weighted by molar-refractivity contribution is -0.0388. The summed E-state index contributed by atoms with van der Waals surface area (Å²) in [4.78, 5) is 0. The van der Waals surface area contributed by atoms with Crippen LogP contribution in [-0.4, -0.2) is 11.2 Å². The Morgan fingerprint density at radius 1 is 0.952 bits per heavy atom. The molecule has 1 heteroatoms. The van der Waals surface area contributed by atoms with Crippen molar-refractivity contribution in [2.24, 2.45) is 28.6 Å². The molecule has 1 N–H and O–H groups in total. The van der Waals surface area contributed by atoms with E-state index in [4.69, 9.17) is 0 Å². The number of fused-ring (bicyclic) bond motifs is 5. The number of rotatable bonds is 0. The fourth-order valence-electron chi connectivity index (χ4n) is 7.09. The molecule has 0 spiro atoms. The highest BCUT2D eigenvalue weighted by molar-refractivity contribution is 5.30. The summed E-state index contributed by atoms with van der Waals surface area (Å²) in [5.74, 6) is 2.83. The van der Waals surface area contributed by atoms with Gasteiger partial charge in [-0.15, -0.1) is 0 Å². The van der Waals surface area contributed by atoms with E-state index >= 15 is 0 Å². The zero-order valence-electron chi connectivity index (χ0n) is 14.1. The number of hydrogen-bond acceptors (Lipinski definition) is 1. The van der Waals surface area contributed by atoms with Crippen molar-refractivity contribution in [2.45, 2.75) is 84.7 Å². The fraction of sp³-hybridized carbons (Fsp3) is 0.900. The minimum Gasteiger partial charge on any atom is -0.393 e. The monoisotopic (exact) mass is 288 g/mol. The molecular formula is C20H32O. The van der Waals surface area contributed by atoms with Crippen molar-refractivity contribution in [3.05, 3.63) is 11.1 Å². The molecule has 0 saturated heterocycles. The normalized spacial score (nSPS) is 53.1. The predicted molar refractivity (Wildman–Crippen MR) is 86.9 cm³/mol. The summed E-state index contributed by atoms with van der Waals surface area (Å²) in [5.41, 5.74) is 4.37. The maximum atomic E-state index is 10.1. The summed E-state index contributed by atoms with van der Waals surface area (Å²) in [6, 6.07) is 0. The van der Waals surface area contributed by atoms with Crippen molar-refractivity contribution in [1.29, 1.82) is 0 Å². The van der Waals surface area contributed by atoms with Crippen LogP contribution < -0.4 is 0 Å². The topological polar surface area (TPSA) is 20.2 Å². The van der Waals surface area contributed by atoms with Gasteiger partial charge in [0, 0.05) is 0 Å². The minimum atomic E-state index is -0.0695. The molecule has 0 heterocycles. The quantitative estimate of drug-likeness (QED) is 0.616. The molecule has 0 unspecified atom stereocenters. The highest BCUT2D eigenvalue weighted by Crippen LogP contribution is 2.65. The van der Waals surface area contributed by atoms with E-state index in [-0.39, 0.29) is 6.10 Å². The van der Waals surface area contributed by atoms with Crippen LogP contribution in [0, 0.1) is 28.6 Å². The number of aliphatic hydroxyl groups excluding tert-OH is 1. The Morgan fingerprint density at radius 3 is 2.57 bits per heavy atom. The van der Waals surface area contributed by atoms with Crippen LogP contribution in [0.25, 0.3) is 0 Å². The molecular weight excluding hydrogens is 256 g/mol. The number of aliphatic hydroxyl groups is 1. The van der Waals surface area contributed by atoms with Crippen molar-refractivity contribution in [3.63, 3.8) is 0 Å². The maximum Gasteiger partial charge on any atom is 0.0577 e. The van der Waals surface area contributed by atoms with Gasteiger partial charge in [-0.1, -0.05) is 31.4 Å². The van der Waals surface area contributed by atoms with Gasteiger partial charge in [-0.25, -0.2) is 0 Å². The Hall–Kier alpha value is -0.300. The standard InChI is InChI=1S/C20H32O/c1-13-11-15-16-5-4-8-19(16,2)9-7-17(15)20(3)10-6-14(21)12-18(13)20/h14-17,21H,4-12H2,1-3H3/t14-,15-,16-,17-,19-,20+/m0/s1. The highest BCUT2D eigenvalue weighted by atomic mass is 16.3. The van der Waals surface area contributed by atoms with Crippen LogP contribution in [0.1, 0.15) is 78.6 Å². The molecule has 0 aromatic rings. The summed E-state index contributed by atoms with van der Waals surface area (Å²) in [5, 5.41) is 10.1. The lowest BCUT2D eigenvalue weighted by Crippen LogP contribution is -2.50. The number of hydrogen-bond donors (Lipinski definition) is 1. The molecule has 3 fully saturated rings. The highest BCUT2D eigenvalue weighted by Gasteiger charge is 2.56. The number of allylic oxidation sites excluding steroid dienone is 1. The average Bonchev–Trinajstić information content (AvgIpc) is 2.83. The molecule has 118 valence electrons. The van der Waals surface area contributed by atoms with Gasteiger partial charge in [-0.05, 0) is 86.9 Å². The third-order valence-corrected chi connectivity index (χ3v) is 8.22. The van der Waals surface area contributed by atoms with E-state index in [1.165, 1.54) is 44.9 Å². The molecule has 0 aromatic carbocycles. The first-order valence-electron chi connectivity index (χ1n) is 9.31. The van der Waals surface area contributed by atoms with Crippen LogP contribution in [0.2, 0.25) is 0 Å². The van der Waals surface area contributed by atoms with Gasteiger partial charge in [0.05, 0.1) is 6.10 Å². The van der Waals surface area contributed by atoms with Gasteiger partial charge in [0.1, 0.15) is 0 Å². The molecule has 4 aliphatic rings. The molecule has 6 atom stereocenters. The summed E-state index contributed by atoms with van der Waals surface area (Å²) in [6.45, 7) is 7.51. The fourth-order valence-corrected chi connectivity index (χ4v) is 7.09. The Labute approximate surface area is 130 Å². The zero-order valence-corrected chi connectivity index (χ0v) is 14.1. The van der Waals surface area contributed by atoms with Gasteiger partial charge < -0.3 is 5.11 Å². The predicted octanol–water partition coefficient (Wildman–Crippen LogP) is 5.09. The molecule has 0 radical (unpaired) electrons. The lowest BCUT2D eigenvalue weighted by Gasteiger charge is -2.58. The van der Waals surface area contributed by atoms with E-state index in [1.807, 2.05) is 0 Å². The van der Waals surface area contributed by atoms with Crippen LogP contribution >= 0.6 is 0 Å². The molecule has 3 saturated carbocycles. The third kappa shape index (κ3) is 1.92. The van der Waals surface area contributed by atoms with Crippen molar-refractivity contribution in [3.8, 4) is 0 Å². The van der Waals surface area contributed by atoms with E-state index in [0.717, 1.165) is 30.6 Å². The van der Waals surface area contributed by atoms with Gasteiger partial charge in [-0.3, -0.25) is 0 Å². The van der Waals surface area contributed by atoms with E-state index in [2.05, 4.69) is 20.8 Å². The Kier molecular flexibility index (Phi) is 3.13. The zero-order chi connectivity index (χ0) is 14.8. The minimum absolute atomic E-state index is 0.0695. The second-order valence-electron chi connectivity index (χ2n) is 9.24. The van der Waals surface area contributed by atoms with Crippen LogP contribution in [0.5, 0.6) is 0 Å². The first-order chi connectivity index (χ1) is 9.94. The smallest absolute Gasteiger partial charge is 0.0577 e. The van der Waals surface area contributed by atoms with Gasteiger partial charge in [-0.2, -0.15) is 0 Å². The van der Waals surface area contributed by atoms with Crippen LogP contribution in [-0.2, 0) is 0 Å². The third-order valence-electron chi connectivity index (χ3n) is 8.22. The van der Waals surface area contributed by atoms with Crippen molar-refractivity contribution in [2.75, 3.05) is 0 Å². The lowest BCUT2D eigenvalue weighted by atomic mass is 9.47. The summed E-state index contributed by atoms with van der Waals surface area (Å²) in [6.07, 6.45) is 11.8. The van der Waals surface area contributed by atoms with E-state index < -0.39 is 0 Å². The summed E-state index contributed by atoms with van der Waals surface area (Å²) >= 11 is 0. The summed E-state index contributed by atoms with van der Waals surface area (Å²) < 4.78 is 0. The molecule has 4 rings (SSSR count). The SMILES string of the molecule is CC1=C2C[C@@H](O)CC[C@]2(C)[C@H]2CC[C@]3(C)CCC[C@H]3[C@@H]2C1. The molecule has 0 aliphatic heterocycles. The van der Waals surface area contributed by atoms with E-state index in [9.17, 15) is 5.11 Å². The second-order valence-corrected chi connectivity index (χ2v) is 9.24. The van der Waals surface area contributed by atoms with Crippen LogP contribution in [0.15, 0.2) is 11.1 Å². The average molecular weight is 288 g/mol. The molecule has 0 amide bonds. The first-order valence-corrected chi connectivity index (χ1v) is 9.31. The van der Waals surface area contributed by atoms with E-state index in [1.54, 1.807) is 11.1 Å². The van der Waals surface area contributed by atoms with Crippen LogP contribution in [0.4, 0.5) is 0 Å². The van der Waals surface area contributed by atoms with Crippen molar-refractivity contribution in [1.82, 2.24) is 0 Å². The molecule has 21 heavy (non-hydrogen) atoms. The largest absolute Gasteiger partial charge is 0.393 e. The Morgan fingerprint density at radius 2 is 1.76 bits per heavy atom. The second kappa shape index (κ2) is 4.60. The first kappa shape index (κ1) is 14.3. The van der Waals surface area contributed by atoms with E-state index in [0.29, 0.717) is 10.8 Å². The molecule has 0 bridgehead atoms. The van der Waals surface area contributed by atoms with Gasteiger partial charge in [0.2, 0.25) is 0 Å². The van der Waals surface area contributed by atoms with Gasteiger partial charge in [0.15, 0.2) is 0 Å². The van der Waals surface area contributed by atoms with Crippen LogP contribution in [0.3, 0.4) is 0 Å². The Balaban J connectivity index is 1.73. The molecule has 1 nitrogen and oxygen atoms in total. The Bertz CT molecular complexity index is 478. The van der Waals surface area contributed by atoms with Gasteiger partial charge >= 0.3 is 0 Å². The summed E-state index contributed by atoms with van der Waals surface area (Å²) in [7, 11) is 0. The van der Waals surface area contributed by atoms with Crippen molar-refractivity contribution < 1.29 is 5.11 Å². The maximum absolute atomic E-state index is 10.1. The van der Waals surface area contributed by atoms with Crippen molar-refractivity contribution >= 4 is 0 Å². The molecule has 0 aromatic heterocycles. The van der Waals surface area contributed by atoms with Gasteiger partial charge in [0.25, 0.3) is 0 Å². The molecule has 4 aliphatic carbocycles.